The first-order chi connectivity index (χ1) is 12.2. The van der Waals surface area contributed by atoms with E-state index in [4.69, 9.17) is 9.73 Å². The number of aromatic nitrogens is 1. The van der Waals surface area contributed by atoms with Gasteiger partial charge < -0.3 is 14.4 Å². The van der Waals surface area contributed by atoms with Crippen LogP contribution in [0.3, 0.4) is 0 Å². The summed E-state index contributed by atoms with van der Waals surface area (Å²) in [6.07, 6.45) is 0. The van der Waals surface area contributed by atoms with Crippen LogP contribution in [-0.2, 0) is 6.54 Å². The molecule has 0 amide bonds. The summed E-state index contributed by atoms with van der Waals surface area (Å²) in [5, 5.41) is 11.6. The van der Waals surface area contributed by atoms with E-state index in [2.05, 4.69) is 29.0 Å². The molecular formula is C20H22N2O2S. The van der Waals surface area contributed by atoms with Crippen LogP contribution in [-0.4, -0.2) is 22.9 Å². The third-order valence-corrected chi connectivity index (χ3v) is 4.67. The highest BCUT2D eigenvalue weighted by molar-refractivity contribution is 7.07. The van der Waals surface area contributed by atoms with Crippen molar-refractivity contribution < 1.29 is 9.84 Å². The summed E-state index contributed by atoms with van der Waals surface area (Å²) in [6, 6.07) is 16.1. The molecule has 3 rings (SSSR count). The molecule has 0 spiro atoms. The number of benzene rings is 2. The minimum absolute atomic E-state index is 0.0712. The Hall–Kier alpha value is -2.37. The van der Waals surface area contributed by atoms with Gasteiger partial charge in [-0.25, -0.2) is 4.99 Å². The van der Waals surface area contributed by atoms with E-state index >= 15 is 0 Å². The highest BCUT2D eigenvalue weighted by Crippen LogP contribution is 2.23. The van der Waals surface area contributed by atoms with Crippen molar-refractivity contribution in [2.75, 3.05) is 13.2 Å². The first-order valence-electron chi connectivity index (χ1n) is 8.35. The van der Waals surface area contributed by atoms with Crippen LogP contribution in [0.2, 0.25) is 0 Å². The first-order valence-corrected chi connectivity index (χ1v) is 9.23. The molecule has 0 atom stereocenters. The van der Waals surface area contributed by atoms with Gasteiger partial charge in [-0.2, -0.15) is 0 Å². The third-order valence-electron chi connectivity index (χ3n) is 3.81. The van der Waals surface area contributed by atoms with E-state index in [0.29, 0.717) is 13.2 Å². The number of nitrogens with zero attached hydrogens (tertiary/aromatic N) is 2. The number of hydrogen-bond acceptors (Lipinski definition) is 4. The van der Waals surface area contributed by atoms with Crippen LogP contribution in [0.5, 0.6) is 5.75 Å². The zero-order chi connectivity index (χ0) is 17.6. The topological polar surface area (TPSA) is 46.8 Å². The predicted molar refractivity (Wildman–Crippen MR) is 102 cm³/mol. The SMILES string of the molecule is CCOc1ccc(-c2csc(=Nc3cccc(C)c3)n2CCO)cc1. The van der Waals surface area contributed by atoms with Crippen LogP contribution < -0.4 is 9.54 Å². The van der Waals surface area contributed by atoms with Crippen molar-refractivity contribution in [3.63, 3.8) is 0 Å². The Bertz CT molecular complexity index is 895. The summed E-state index contributed by atoms with van der Waals surface area (Å²) in [5.74, 6) is 0.861. The number of ether oxygens (including phenoxy) is 1. The van der Waals surface area contributed by atoms with Gasteiger partial charge in [-0.05, 0) is 61.4 Å². The van der Waals surface area contributed by atoms with Gasteiger partial charge in [0, 0.05) is 11.9 Å². The molecule has 2 aromatic carbocycles. The highest BCUT2D eigenvalue weighted by Gasteiger charge is 2.08. The second kappa shape index (κ2) is 8.14. The number of hydrogen-bond donors (Lipinski definition) is 1. The fourth-order valence-electron chi connectivity index (χ4n) is 2.66. The van der Waals surface area contributed by atoms with Crippen molar-refractivity contribution in [2.45, 2.75) is 20.4 Å². The van der Waals surface area contributed by atoms with E-state index in [1.807, 2.05) is 43.3 Å². The number of thiazole rings is 1. The molecule has 0 aliphatic carbocycles. The fourth-order valence-corrected chi connectivity index (χ4v) is 3.62. The van der Waals surface area contributed by atoms with Crippen LogP contribution in [0.1, 0.15) is 12.5 Å². The van der Waals surface area contributed by atoms with Crippen LogP contribution in [0.15, 0.2) is 58.9 Å². The maximum Gasteiger partial charge on any atom is 0.190 e. The van der Waals surface area contributed by atoms with Crippen LogP contribution in [0, 0.1) is 6.92 Å². The zero-order valence-corrected chi connectivity index (χ0v) is 15.3. The highest BCUT2D eigenvalue weighted by atomic mass is 32.1. The molecule has 130 valence electrons. The molecule has 1 aromatic heterocycles. The molecule has 0 fully saturated rings. The normalized spacial score (nSPS) is 11.7. The van der Waals surface area contributed by atoms with E-state index in [1.54, 1.807) is 11.3 Å². The first kappa shape index (κ1) is 17.5. The van der Waals surface area contributed by atoms with Crippen molar-refractivity contribution in [2.24, 2.45) is 4.99 Å². The minimum Gasteiger partial charge on any atom is -0.494 e. The van der Waals surface area contributed by atoms with Crippen LogP contribution in [0.4, 0.5) is 5.69 Å². The van der Waals surface area contributed by atoms with E-state index in [-0.39, 0.29) is 6.61 Å². The van der Waals surface area contributed by atoms with Crippen LogP contribution in [0.25, 0.3) is 11.3 Å². The number of aliphatic hydroxyl groups excluding tert-OH is 1. The summed E-state index contributed by atoms with van der Waals surface area (Å²) in [5.41, 5.74) is 4.23. The van der Waals surface area contributed by atoms with Gasteiger partial charge in [0.15, 0.2) is 4.80 Å². The fraction of sp³-hybridized carbons (Fsp3) is 0.250. The average molecular weight is 354 g/mol. The monoisotopic (exact) mass is 354 g/mol. The summed E-state index contributed by atoms with van der Waals surface area (Å²) >= 11 is 1.58. The molecule has 0 aliphatic heterocycles. The van der Waals surface area contributed by atoms with Gasteiger partial charge in [-0.15, -0.1) is 11.3 Å². The Kier molecular flexibility index (Phi) is 5.68. The van der Waals surface area contributed by atoms with Crippen molar-refractivity contribution >= 4 is 17.0 Å². The van der Waals surface area contributed by atoms with Crippen molar-refractivity contribution in [3.05, 3.63) is 64.3 Å². The second-order valence-electron chi connectivity index (χ2n) is 5.69. The molecular weight excluding hydrogens is 332 g/mol. The molecule has 5 heteroatoms. The molecule has 1 N–H and O–H groups in total. The molecule has 0 radical (unpaired) electrons. The molecule has 0 saturated heterocycles. The lowest BCUT2D eigenvalue weighted by Gasteiger charge is -2.09. The second-order valence-corrected chi connectivity index (χ2v) is 6.52. The molecule has 0 aliphatic rings. The molecule has 0 unspecified atom stereocenters. The van der Waals surface area contributed by atoms with Crippen molar-refractivity contribution in [3.8, 4) is 17.0 Å². The Morgan fingerprint density at radius 3 is 2.64 bits per heavy atom. The predicted octanol–water partition coefficient (Wildman–Crippen LogP) is 4.15. The molecule has 25 heavy (non-hydrogen) atoms. The smallest absolute Gasteiger partial charge is 0.190 e. The van der Waals surface area contributed by atoms with E-state index in [9.17, 15) is 5.11 Å². The minimum atomic E-state index is 0.0712. The summed E-state index contributed by atoms with van der Waals surface area (Å²) in [6.45, 7) is 5.27. The molecule has 0 bridgehead atoms. The Morgan fingerprint density at radius 1 is 1.16 bits per heavy atom. The maximum absolute atomic E-state index is 9.48. The third kappa shape index (κ3) is 4.18. The number of rotatable bonds is 6. The van der Waals surface area contributed by atoms with E-state index < -0.39 is 0 Å². The van der Waals surface area contributed by atoms with Crippen molar-refractivity contribution in [1.82, 2.24) is 4.57 Å². The Morgan fingerprint density at radius 2 is 1.96 bits per heavy atom. The van der Waals surface area contributed by atoms with Crippen molar-refractivity contribution in [1.29, 1.82) is 0 Å². The average Bonchev–Trinajstić information content (AvgIpc) is 2.99. The van der Waals surface area contributed by atoms with Gasteiger partial charge in [0.2, 0.25) is 0 Å². The van der Waals surface area contributed by atoms with Gasteiger partial charge in [0.25, 0.3) is 0 Å². The van der Waals surface area contributed by atoms with Gasteiger partial charge >= 0.3 is 0 Å². The van der Waals surface area contributed by atoms with Gasteiger partial charge in [0.1, 0.15) is 5.75 Å². The molecule has 0 saturated carbocycles. The lowest BCUT2D eigenvalue weighted by molar-refractivity contribution is 0.275. The lowest BCUT2D eigenvalue weighted by atomic mass is 10.1. The molecule has 3 aromatic rings. The summed E-state index contributed by atoms with van der Waals surface area (Å²) in [4.78, 5) is 5.64. The van der Waals surface area contributed by atoms with E-state index in [0.717, 1.165) is 27.5 Å². The quantitative estimate of drug-likeness (QED) is 0.723. The standard InChI is InChI=1S/C20H22N2O2S/c1-3-24-18-9-7-16(8-10-18)19-14-25-20(22(19)11-12-23)21-17-6-4-5-15(2)13-17/h4-10,13-14,23H,3,11-12H2,1-2H3. The zero-order valence-electron chi connectivity index (χ0n) is 14.5. The number of aliphatic hydroxyl groups is 1. The van der Waals surface area contributed by atoms with Gasteiger partial charge in [-0.1, -0.05) is 12.1 Å². The summed E-state index contributed by atoms with van der Waals surface area (Å²) < 4.78 is 7.57. The maximum atomic E-state index is 9.48. The largest absolute Gasteiger partial charge is 0.494 e. The molecule has 4 nitrogen and oxygen atoms in total. The number of aryl methyl sites for hydroxylation is 1. The lowest BCUT2D eigenvalue weighted by Crippen LogP contribution is -2.17. The van der Waals surface area contributed by atoms with Crippen LogP contribution >= 0.6 is 11.3 Å². The Balaban J connectivity index is 2.02. The Labute approximate surface area is 151 Å². The molecule has 1 heterocycles. The van der Waals surface area contributed by atoms with E-state index in [1.165, 1.54) is 5.56 Å². The summed E-state index contributed by atoms with van der Waals surface area (Å²) in [7, 11) is 0. The van der Waals surface area contributed by atoms with Gasteiger partial charge in [-0.3, -0.25) is 0 Å². The van der Waals surface area contributed by atoms with Gasteiger partial charge in [0.05, 0.1) is 24.6 Å².